The van der Waals surface area contributed by atoms with Crippen LogP contribution in [-0.2, 0) is 6.54 Å². The zero-order valence-electron chi connectivity index (χ0n) is 11.5. The van der Waals surface area contributed by atoms with E-state index in [1.54, 1.807) is 17.1 Å². The lowest BCUT2D eigenvalue weighted by atomic mass is 10.2. The van der Waals surface area contributed by atoms with Crippen LogP contribution in [0.5, 0.6) is 0 Å². The minimum Gasteiger partial charge on any atom is -0.373 e. The first-order valence-corrected chi connectivity index (χ1v) is 6.29. The highest BCUT2D eigenvalue weighted by Crippen LogP contribution is 2.29. The number of hydrogen-bond donors (Lipinski definition) is 1. The molecule has 0 saturated heterocycles. The molecule has 6 nitrogen and oxygen atoms in total. The van der Waals surface area contributed by atoms with Gasteiger partial charge >= 0.3 is 0 Å². The molecule has 0 aliphatic rings. The van der Waals surface area contributed by atoms with Crippen LogP contribution in [0, 0.1) is 21.7 Å². The van der Waals surface area contributed by atoms with Crippen molar-refractivity contribution in [3.05, 3.63) is 51.8 Å². The molecule has 1 N–H and O–H groups in total. The van der Waals surface area contributed by atoms with Crippen molar-refractivity contribution in [3.8, 4) is 0 Å². The van der Waals surface area contributed by atoms with E-state index in [1.807, 2.05) is 13.8 Å². The summed E-state index contributed by atoms with van der Waals surface area (Å²) in [6, 6.07) is 1.83. The molecule has 2 aromatic rings. The monoisotopic (exact) mass is 296 g/mol. The third-order valence-corrected chi connectivity index (χ3v) is 2.92. The second-order valence-corrected chi connectivity index (χ2v) is 4.79. The van der Waals surface area contributed by atoms with Gasteiger partial charge in [0.15, 0.2) is 17.3 Å². The van der Waals surface area contributed by atoms with Gasteiger partial charge in [-0.1, -0.05) is 0 Å². The molecular formula is C13H14F2N4O2. The molecule has 0 amide bonds. The fourth-order valence-electron chi connectivity index (χ4n) is 1.80. The lowest BCUT2D eigenvalue weighted by Crippen LogP contribution is -2.06. The molecule has 0 aliphatic carbocycles. The fraction of sp³-hybridized carbons (Fsp3) is 0.308. The Balaban J connectivity index is 2.22. The van der Waals surface area contributed by atoms with E-state index in [2.05, 4.69) is 10.4 Å². The Morgan fingerprint density at radius 3 is 2.71 bits per heavy atom. The van der Waals surface area contributed by atoms with Crippen molar-refractivity contribution in [3.63, 3.8) is 0 Å². The summed E-state index contributed by atoms with van der Waals surface area (Å²) in [7, 11) is 0. The van der Waals surface area contributed by atoms with Gasteiger partial charge in [-0.3, -0.25) is 14.8 Å². The van der Waals surface area contributed by atoms with Crippen molar-refractivity contribution < 1.29 is 13.7 Å². The van der Waals surface area contributed by atoms with Gasteiger partial charge in [0.2, 0.25) is 0 Å². The minimum absolute atomic E-state index is 0.105. The SMILES string of the molecule is CC(C)n1cc(CNc2c([N+](=O)[O-])ccc(F)c2F)cn1. The Morgan fingerprint density at radius 2 is 2.14 bits per heavy atom. The molecule has 0 saturated carbocycles. The van der Waals surface area contributed by atoms with Crippen LogP contribution >= 0.6 is 0 Å². The maximum atomic E-state index is 13.7. The van der Waals surface area contributed by atoms with Crippen LogP contribution in [0.3, 0.4) is 0 Å². The quantitative estimate of drug-likeness (QED) is 0.679. The van der Waals surface area contributed by atoms with E-state index in [-0.39, 0.29) is 12.6 Å². The minimum atomic E-state index is -1.26. The van der Waals surface area contributed by atoms with Crippen molar-refractivity contribution in [2.24, 2.45) is 0 Å². The largest absolute Gasteiger partial charge is 0.373 e. The Bertz CT molecular complexity index is 670. The fourth-order valence-corrected chi connectivity index (χ4v) is 1.80. The number of nitro benzene ring substituents is 1. The van der Waals surface area contributed by atoms with Gasteiger partial charge < -0.3 is 5.32 Å². The van der Waals surface area contributed by atoms with Crippen molar-refractivity contribution in [2.75, 3.05) is 5.32 Å². The summed E-state index contributed by atoms with van der Waals surface area (Å²) >= 11 is 0. The van der Waals surface area contributed by atoms with E-state index < -0.39 is 27.9 Å². The van der Waals surface area contributed by atoms with Crippen molar-refractivity contribution in [2.45, 2.75) is 26.4 Å². The summed E-state index contributed by atoms with van der Waals surface area (Å²) in [6.07, 6.45) is 3.30. The molecular weight excluding hydrogens is 282 g/mol. The molecule has 0 fully saturated rings. The molecule has 0 unspecified atom stereocenters. The van der Waals surface area contributed by atoms with Crippen LogP contribution < -0.4 is 5.32 Å². The first kappa shape index (κ1) is 14.9. The van der Waals surface area contributed by atoms with E-state index in [1.165, 1.54) is 0 Å². The summed E-state index contributed by atoms with van der Waals surface area (Å²) < 4.78 is 28.6. The maximum Gasteiger partial charge on any atom is 0.295 e. The number of hydrogen-bond acceptors (Lipinski definition) is 4. The van der Waals surface area contributed by atoms with Gasteiger partial charge in [-0.15, -0.1) is 0 Å². The Labute approximate surface area is 119 Å². The molecule has 8 heteroatoms. The number of nitrogens with one attached hydrogen (secondary N) is 1. The average molecular weight is 296 g/mol. The summed E-state index contributed by atoms with van der Waals surface area (Å²) in [4.78, 5) is 10.1. The van der Waals surface area contributed by atoms with Gasteiger partial charge in [0.1, 0.15) is 0 Å². The van der Waals surface area contributed by atoms with Crippen LogP contribution in [0.25, 0.3) is 0 Å². The molecule has 1 aromatic carbocycles. The predicted octanol–water partition coefficient (Wildman–Crippen LogP) is 3.26. The number of benzene rings is 1. The number of halogens is 2. The highest BCUT2D eigenvalue weighted by atomic mass is 19.2. The summed E-state index contributed by atoms with van der Waals surface area (Å²) in [6.45, 7) is 4.00. The van der Waals surface area contributed by atoms with Crippen LogP contribution in [-0.4, -0.2) is 14.7 Å². The van der Waals surface area contributed by atoms with Crippen LogP contribution in [0.15, 0.2) is 24.5 Å². The molecule has 1 heterocycles. The Hall–Kier alpha value is -2.51. The Morgan fingerprint density at radius 1 is 1.43 bits per heavy atom. The first-order chi connectivity index (χ1) is 9.90. The first-order valence-electron chi connectivity index (χ1n) is 6.29. The van der Waals surface area contributed by atoms with Crippen LogP contribution in [0.1, 0.15) is 25.5 Å². The van der Waals surface area contributed by atoms with Gasteiger partial charge in [-0.25, -0.2) is 8.78 Å². The Kier molecular flexibility index (Phi) is 4.15. The van der Waals surface area contributed by atoms with Crippen molar-refractivity contribution in [1.29, 1.82) is 0 Å². The molecule has 21 heavy (non-hydrogen) atoms. The van der Waals surface area contributed by atoms with Gasteiger partial charge in [-0.05, 0) is 19.9 Å². The van der Waals surface area contributed by atoms with Gasteiger partial charge in [0.05, 0.1) is 11.1 Å². The molecule has 1 aromatic heterocycles. The number of aromatic nitrogens is 2. The smallest absolute Gasteiger partial charge is 0.295 e. The standard InChI is InChI=1S/C13H14F2N4O2/c1-8(2)18-7-9(6-17-18)5-16-13-11(19(20)21)4-3-10(14)12(13)15/h3-4,6-8,16H,5H2,1-2H3. The highest BCUT2D eigenvalue weighted by Gasteiger charge is 2.21. The van der Waals surface area contributed by atoms with E-state index in [9.17, 15) is 18.9 Å². The zero-order valence-corrected chi connectivity index (χ0v) is 11.5. The molecule has 0 bridgehead atoms. The number of rotatable bonds is 5. The van der Waals surface area contributed by atoms with E-state index in [0.29, 0.717) is 5.56 Å². The van der Waals surface area contributed by atoms with Gasteiger partial charge in [0.25, 0.3) is 5.69 Å². The summed E-state index contributed by atoms with van der Waals surface area (Å²) in [5, 5.41) is 17.5. The maximum absolute atomic E-state index is 13.7. The van der Waals surface area contributed by atoms with Gasteiger partial charge in [0, 0.05) is 30.4 Å². The topological polar surface area (TPSA) is 73.0 Å². The molecule has 2 rings (SSSR count). The number of anilines is 1. The third kappa shape index (κ3) is 3.15. The normalized spacial score (nSPS) is 10.9. The molecule has 0 radical (unpaired) electrons. The van der Waals surface area contributed by atoms with Crippen molar-refractivity contribution in [1.82, 2.24) is 9.78 Å². The predicted molar refractivity (Wildman–Crippen MR) is 73.0 cm³/mol. The van der Waals surface area contributed by atoms with Gasteiger partial charge in [-0.2, -0.15) is 5.10 Å². The van der Waals surface area contributed by atoms with Crippen LogP contribution in [0.2, 0.25) is 0 Å². The number of nitro groups is 1. The zero-order chi connectivity index (χ0) is 15.6. The van der Waals surface area contributed by atoms with E-state index >= 15 is 0 Å². The van der Waals surface area contributed by atoms with Crippen LogP contribution in [0.4, 0.5) is 20.2 Å². The molecule has 112 valence electrons. The molecule has 0 aliphatic heterocycles. The molecule has 0 atom stereocenters. The van der Waals surface area contributed by atoms with Crippen molar-refractivity contribution >= 4 is 11.4 Å². The second kappa shape index (κ2) is 5.86. The number of nitrogens with zero attached hydrogens (tertiary/aromatic N) is 3. The lowest BCUT2D eigenvalue weighted by Gasteiger charge is -2.08. The summed E-state index contributed by atoms with van der Waals surface area (Å²) in [5.41, 5.74) is -0.260. The highest BCUT2D eigenvalue weighted by molar-refractivity contribution is 5.62. The third-order valence-electron chi connectivity index (χ3n) is 2.92. The lowest BCUT2D eigenvalue weighted by molar-refractivity contribution is -0.384. The second-order valence-electron chi connectivity index (χ2n) is 4.79. The van der Waals surface area contributed by atoms with E-state index in [0.717, 1.165) is 12.1 Å². The van der Waals surface area contributed by atoms with E-state index in [4.69, 9.17) is 0 Å². The molecule has 0 spiro atoms. The average Bonchev–Trinajstić information content (AvgIpc) is 2.89. The summed E-state index contributed by atoms with van der Waals surface area (Å²) in [5.74, 6) is -2.40.